The third-order valence-electron chi connectivity index (χ3n) is 2.05. The van der Waals surface area contributed by atoms with E-state index in [1.165, 1.54) is 6.42 Å². The van der Waals surface area contributed by atoms with Crippen LogP contribution in [0.5, 0.6) is 0 Å². The molecule has 0 saturated carbocycles. The quantitative estimate of drug-likeness (QED) is 0.619. The van der Waals surface area contributed by atoms with Crippen molar-refractivity contribution in [1.82, 2.24) is 5.32 Å². The number of nitrogens with one attached hydrogen (secondary N) is 1. The molecule has 0 fully saturated rings. The topological polar surface area (TPSA) is 30.5 Å². The zero-order valence-corrected chi connectivity index (χ0v) is 11.6. The molecule has 16 heavy (non-hydrogen) atoms. The summed E-state index contributed by atoms with van der Waals surface area (Å²) in [6.07, 6.45) is 2.59. The van der Waals surface area contributed by atoms with Crippen molar-refractivity contribution in [3.05, 3.63) is 0 Å². The molecule has 0 atom stereocenters. The molecule has 0 heterocycles. The Bertz CT molecular complexity index is 153. The first-order valence-corrected chi connectivity index (χ1v) is 6.36. The van der Waals surface area contributed by atoms with Crippen LogP contribution in [0.2, 0.25) is 0 Å². The number of hydrogen-bond donors (Lipinski definition) is 1. The lowest BCUT2D eigenvalue weighted by Crippen LogP contribution is -2.36. The van der Waals surface area contributed by atoms with E-state index in [2.05, 4.69) is 26.1 Å². The Kier molecular flexibility index (Phi) is 8.90. The molecule has 0 aliphatic carbocycles. The molecule has 0 aliphatic rings. The van der Waals surface area contributed by atoms with Gasteiger partial charge < -0.3 is 14.8 Å². The van der Waals surface area contributed by atoms with Gasteiger partial charge in [0, 0.05) is 12.1 Å². The predicted molar refractivity (Wildman–Crippen MR) is 68.9 cm³/mol. The lowest BCUT2D eigenvalue weighted by Gasteiger charge is -2.20. The Hall–Kier alpha value is -0.120. The van der Waals surface area contributed by atoms with Crippen molar-refractivity contribution in [2.24, 2.45) is 0 Å². The molecule has 0 saturated heterocycles. The number of unbranched alkanes of at least 4 members (excludes halogenated alkanes) is 1. The molecule has 0 bridgehead atoms. The third-order valence-corrected chi connectivity index (χ3v) is 2.05. The smallest absolute Gasteiger partial charge is 0.0703 e. The van der Waals surface area contributed by atoms with E-state index < -0.39 is 0 Å². The van der Waals surface area contributed by atoms with Gasteiger partial charge in [0.2, 0.25) is 0 Å². The summed E-state index contributed by atoms with van der Waals surface area (Å²) in [5, 5.41) is 3.46. The van der Waals surface area contributed by atoms with E-state index in [-0.39, 0.29) is 5.54 Å². The van der Waals surface area contributed by atoms with Crippen molar-refractivity contribution >= 4 is 0 Å². The van der Waals surface area contributed by atoms with Gasteiger partial charge in [0.05, 0.1) is 19.3 Å². The molecular formula is C13H29NO2. The maximum atomic E-state index is 5.46. The fourth-order valence-corrected chi connectivity index (χ4v) is 1.24. The minimum absolute atomic E-state index is 0.228. The summed E-state index contributed by atoms with van der Waals surface area (Å²) < 4.78 is 10.8. The Morgan fingerprint density at radius 3 is 2.25 bits per heavy atom. The van der Waals surface area contributed by atoms with Crippen LogP contribution in [0.15, 0.2) is 0 Å². The van der Waals surface area contributed by atoms with Gasteiger partial charge in [-0.25, -0.2) is 0 Å². The van der Waals surface area contributed by atoms with E-state index >= 15 is 0 Å². The normalized spacial score (nSPS) is 12.4. The van der Waals surface area contributed by atoms with Crippen LogP contribution in [0.1, 0.15) is 47.5 Å². The van der Waals surface area contributed by atoms with Gasteiger partial charge in [-0.1, -0.05) is 0 Å². The molecule has 0 rings (SSSR count). The van der Waals surface area contributed by atoms with Crippen LogP contribution in [0.4, 0.5) is 0 Å². The first-order valence-electron chi connectivity index (χ1n) is 6.36. The van der Waals surface area contributed by atoms with E-state index in [4.69, 9.17) is 9.47 Å². The number of ether oxygens (including phenoxy) is 2. The molecular weight excluding hydrogens is 202 g/mol. The molecule has 0 amide bonds. The van der Waals surface area contributed by atoms with E-state index in [1.54, 1.807) is 0 Å². The van der Waals surface area contributed by atoms with Gasteiger partial charge in [-0.15, -0.1) is 0 Å². The zero-order chi connectivity index (χ0) is 12.4. The summed E-state index contributed by atoms with van der Waals surface area (Å²) in [5.74, 6) is 0. The number of rotatable bonds is 9. The molecule has 3 heteroatoms. The van der Waals surface area contributed by atoms with Crippen LogP contribution < -0.4 is 5.32 Å². The average Bonchev–Trinajstić information content (AvgIpc) is 2.13. The maximum absolute atomic E-state index is 5.46. The first kappa shape index (κ1) is 15.9. The maximum Gasteiger partial charge on any atom is 0.0703 e. The van der Waals surface area contributed by atoms with Crippen LogP contribution in [0.3, 0.4) is 0 Å². The lowest BCUT2D eigenvalue weighted by molar-refractivity contribution is 0.0187. The average molecular weight is 231 g/mol. The molecule has 98 valence electrons. The molecule has 0 aromatic heterocycles. The third kappa shape index (κ3) is 13.9. The molecule has 0 radical (unpaired) electrons. The largest absolute Gasteiger partial charge is 0.379 e. The van der Waals surface area contributed by atoms with Crippen LogP contribution in [-0.2, 0) is 9.47 Å². The first-order chi connectivity index (χ1) is 7.42. The highest BCUT2D eigenvalue weighted by Gasteiger charge is 2.06. The summed E-state index contributed by atoms with van der Waals surface area (Å²) in [7, 11) is 0. The Labute approximate surface area is 101 Å². The van der Waals surface area contributed by atoms with Crippen molar-refractivity contribution in [2.45, 2.75) is 59.1 Å². The van der Waals surface area contributed by atoms with Crippen molar-refractivity contribution in [3.63, 3.8) is 0 Å². The fraction of sp³-hybridized carbons (Fsp3) is 1.00. The van der Waals surface area contributed by atoms with Gasteiger partial charge in [0.1, 0.15) is 0 Å². The summed E-state index contributed by atoms with van der Waals surface area (Å²) in [5.41, 5.74) is 0.228. The van der Waals surface area contributed by atoms with Crippen LogP contribution >= 0.6 is 0 Å². The summed E-state index contributed by atoms with van der Waals surface area (Å²) in [6.45, 7) is 14.0. The van der Waals surface area contributed by atoms with Crippen molar-refractivity contribution in [1.29, 1.82) is 0 Å². The molecule has 3 nitrogen and oxygen atoms in total. The molecule has 0 aromatic carbocycles. The fourth-order valence-electron chi connectivity index (χ4n) is 1.24. The summed E-state index contributed by atoms with van der Waals surface area (Å²) >= 11 is 0. The van der Waals surface area contributed by atoms with E-state index in [0.29, 0.717) is 19.3 Å². The molecule has 0 unspecified atom stereocenters. The summed E-state index contributed by atoms with van der Waals surface area (Å²) in [4.78, 5) is 0. The SMILES string of the molecule is CC(C)OCCOCCCCNC(C)(C)C. The van der Waals surface area contributed by atoms with E-state index in [9.17, 15) is 0 Å². The Morgan fingerprint density at radius 2 is 1.69 bits per heavy atom. The monoisotopic (exact) mass is 231 g/mol. The lowest BCUT2D eigenvalue weighted by atomic mass is 10.1. The summed E-state index contributed by atoms with van der Waals surface area (Å²) in [6, 6.07) is 0. The number of hydrogen-bond acceptors (Lipinski definition) is 3. The van der Waals surface area contributed by atoms with Crippen molar-refractivity contribution in [3.8, 4) is 0 Å². The van der Waals surface area contributed by atoms with E-state index in [1.807, 2.05) is 13.8 Å². The highest BCUT2D eigenvalue weighted by molar-refractivity contribution is 4.69. The van der Waals surface area contributed by atoms with Gasteiger partial charge in [0.25, 0.3) is 0 Å². The molecule has 0 aliphatic heterocycles. The second-order valence-corrected chi connectivity index (χ2v) is 5.42. The predicted octanol–water partition coefficient (Wildman–Crippen LogP) is 2.60. The van der Waals surface area contributed by atoms with Crippen LogP contribution in [0, 0.1) is 0 Å². The molecule has 1 N–H and O–H groups in total. The minimum Gasteiger partial charge on any atom is -0.379 e. The highest BCUT2D eigenvalue weighted by Crippen LogP contribution is 1.99. The Balaban J connectivity index is 3.05. The second kappa shape index (κ2) is 8.97. The Morgan fingerprint density at radius 1 is 1.00 bits per heavy atom. The van der Waals surface area contributed by atoms with Gasteiger partial charge in [-0.2, -0.15) is 0 Å². The van der Waals surface area contributed by atoms with E-state index in [0.717, 1.165) is 19.6 Å². The van der Waals surface area contributed by atoms with Crippen LogP contribution in [-0.4, -0.2) is 38.0 Å². The second-order valence-electron chi connectivity index (χ2n) is 5.42. The molecule has 0 aromatic rings. The standard InChI is InChI=1S/C13H29NO2/c1-12(2)16-11-10-15-9-7-6-8-14-13(3,4)5/h12,14H,6-11H2,1-5H3. The van der Waals surface area contributed by atoms with Gasteiger partial charge in [0.15, 0.2) is 0 Å². The van der Waals surface area contributed by atoms with Crippen LogP contribution in [0.25, 0.3) is 0 Å². The van der Waals surface area contributed by atoms with Gasteiger partial charge in [-0.05, 0) is 54.0 Å². The minimum atomic E-state index is 0.228. The van der Waals surface area contributed by atoms with Gasteiger partial charge >= 0.3 is 0 Å². The zero-order valence-electron chi connectivity index (χ0n) is 11.6. The molecule has 0 spiro atoms. The van der Waals surface area contributed by atoms with Crippen molar-refractivity contribution < 1.29 is 9.47 Å². The van der Waals surface area contributed by atoms with Gasteiger partial charge in [-0.3, -0.25) is 0 Å². The highest BCUT2D eigenvalue weighted by atomic mass is 16.5. The van der Waals surface area contributed by atoms with Crippen molar-refractivity contribution in [2.75, 3.05) is 26.4 Å².